The molecule has 1 heterocycles. The first-order chi connectivity index (χ1) is 12.1. The van der Waals surface area contributed by atoms with Gasteiger partial charge in [0, 0.05) is 13.1 Å². The van der Waals surface area contributed by atoms with Crippen LogP contribution in [0.4, 0.5) is 0 Å². The molecule has 0 saturated carbocycles. The van der Waals surface area contributed by atoms with E-state index in [4.69, 9.17) is 0 Å². The molecule has 1 atom stereocenters. The third kappa shape index (κ3) is 4.08. The van der Waals surface area contributed by atoms with Crippen LogP contribution >= 0.6 is 0 Å². The topological polar surface area (TPSA) is 66.5 Å². The van der Waals surface area contributed by atoms with Crippen LogP contribution in [-0.4, -0.2) is 31.2 Å². The molecule has 0 aromatic heterocycles. The molecule has 1 fully saturated rings. The van der Waals surface area contributed by atoms with Crippen molar-refractivity contribution in [2.24, 2.45) is 0 Å². The molecule has 1 N–H and O–H groups in total. The van der Waals surface area contributed by atoms with Gasteiger partial charge in [0.15, 0.2) is 0 Å². The second-order valence-electron chi connectivity index (χ2n) is 6.14. The number of amides is 1. The standard InChI is InChI=1S/C19H22N2O3S/c22-19(20-15-16-9-3-1-4-10-16)18-13-7-8-14-21(18)25(23,24)17-11-5-2-6-12-17/h1-6,9-12,18H,7-8,13-15H2,(H,20,22)/t18-/m0/s1. The van der Waals surface area contributed by atoms with Crippen LogP contribution in [0.3, 0.4) is 0 Å². The molecular weight excluding hydrogens is 336 g/mol. The molecule has 132 valence electrons. The molecule has 25 heavy (non-hydrogen) atoms. The highest BCUT2D eigenvalue weighted by Crippen LogP contribution is 2.25. The van der Waals surface area contributed by atoms with Crippen molar-refractivity contribution in [3.63, 3.8) is 0 Å². The van der Waals surface area contributed by atoms with Crippen LogP contribution < -0.4 is 5.32 Å². The fourth-order valence-corrected chi connectivity index (χ4v) is 4.76. The Kier molecular flexibility index (Phi) is 5.50. The van der Waals surface area contributed by atoms with Crippen LogP contribution in [0.1, 0.15) is 24.8 Å². The lowest BCUT2D eigenvalue weighted by Gasteiger charge is -2.33. The minimum Gasteiger partial charge on any atom is -0.351 e. The molecule has 5 nitrogen and oxygen atoms in total. The Morgan fingerprint density at radius 3 is 2.32 bits per heavy atom. The van der Waals surface area contributed by atoms with Gasteiger partial charge in [-0.1, -0.05) is 55.0 Å². The number of hydrogen-bond donors (Lipinski definition) is 1. The first-order valence-electron chi connectivity index (χ1n) is 8.47. The lowest BCUT2D eigenvalue weighted by molar-refractivity contribution is -0.125. The lowest BCUT2D eigenvalue weighted by atomic mass is 10.0. The van der Waals surface area contributed by atoms with E-state index in [2.05, 4.69) is 5.32 Å². The van der Waals surface area contributed by atoms with E-state index in [9.17, 15) is 13.2 Å². The quantitative estimate of drug-likeness (QED) is 0.893. The maximum Gasteiger partial charge on any atom is 0.243 e. The normalized spacial score (nSPS) is 18.6. The summed E-state index contributed by atoms with van der Waals surface area (Å²) in [4.78, 5) is 12.9. The molecule has 3 rings (SSSR count). The SMILES string of the molecule is O=C(NCc1ccccc1)[C@@H]1CCCCN1S(=O)(=O)c1ccccc1. The lowest BCUT2D eigenvalue weighted by Crippen LogP contribution is -2.51. The molecular formula is C19H22N2O3S. The van der Waals surface area contributed by atoms with Crippen LogP contribution in [0.15, 0.2) is 65.6 Å². The van der Waals surface area contributed by atoms with Crippen molar-refractivity contribution >= 4 is 15.9 Å². The van der Waals surface area contributed by atoms with Gasteiger partial charge in [0.2, 0.25) is 15.9 Å². The average molecular weight is 358 g/mol. The molecule has 6 heteroatoms. The third-order valence-corrected chi connectivity index (χ3v) is 6.34. The number of carbonyl (C=O) groups is 1. The molecule has 1 aliphatic rings. The van der Waals surface area contributed by atoms with E-state index >= 15 is 0 Å². The summed E-state index contributed by atoms with van der Waals surface area (Å²) in [5.41, 5.74) is 0.990. The summed E-state index contributed by atoms with van der Waals surface area (Å²) < 4.78 is 27.2. The largest absolute Gasteiger partial charge is 0.351 e. The van der Waals surface area contributed by atoms with Crippen LogP contribution in [0.5, 0.6) is 0 Å². The van der Waals surface area contributed by atoms with Gasteiger partial charge in [-0.3, -0.25) is 4.79 Å². The van der Waals surface area contributed by atoms with Gasteiger partial charge in [-0.25, -0.2) is 8.42 Å². The van der Waals surface area contributed by atoms with E-state index < -0.39 is 16.1 Å². The molecule has 0 aliphatic carbocycles. The minimum absolute atomic E-state index is 0.233. The van der Waals surface area contributed by atoms with Gasteiger partial charge in [-0.2, -0.15) is 4.31 Å². The predicted molar refractivity (Wildman–Crippen MR) is 96.3 cm³/mol. The summed E-state index contributed by atoms with van der Waals surface area (Å²) in [7, 11) is -3.67. The number of piperidine rings is 1. The number of benzene rings is 2. The Hall–Kier alpha value is -2.18. The van der Waals surface area contributed by atoms with Crippen molar-refractivity contribution in [3.05, 3.63) is 66.2 Å². The Labute approximate surface area is 148 Å². The van der Waals surface area contributed by atoms with Crippen LogP contribution in [0.25, 0.3) is 0 Å². The molecule has 1 saturated heterocycles. The summed E-state index contributed by atoms with van der Waals surface area (Å²) >= 11 is 0. The smallest absolute Gasteiger partial charge is 0.243 e. The predicted octanol–water partition coefficient (Wildman–Crippen LogP) is 2.55. The fraction of sp³-hybridized carbons (Fsp3) is 0.316. The summed E-state index contributed by atoms with van der Waals surface area (Å²) in [5.74, 6) is -0.233. The Bertz CT molecular complexity index is 807. The fourth-order valence-electron chi connectivity index (χ4n) is 3.09. The number of carbonyl (C=O) groups excluding carboxylic acids is 1. The zero-order valence-corrected chi connectivity index (χ0v) is 14.8. The molecule has 2 aromatic rings. The summed E-state index contributed by atoms with van der Waals surface area (Å²) in [6.45, 7) is 0.774. The number of nitrogens with one attached hydrogen (secondary N) is 1. The van der Waals surface area contributed by atoms with Crippen molar-refractivity contribution in [2.75, 3.05) is 6.54 Å². The molecule has 2 aromatic carbocycles. The molecule has 0 radical (unpaired) electrons. The van der Waals surface area contributed by atoms with E-state index in [1.54, 1.807) is 30.3 Å². The van der Waals surface area contributed by atoms with Crippen LogP contribution in [0.2, 0.25) is 0 Å². The van der Waals surface area contributed by atoms with Crippen LogP contribution in [-0.2, 0) is 21.4 Å². The molecule has 0 unspecified atom stereocenters. The van der Waals surface area contributed by atoms with Gasteiger partial charge < -0.3 is 5.32 Å². The minimum atomic E-state index is -3.67. The van der Waals surface area contributed by atoms with E-state index in [0.717, 1.165) is 18.4 Å². The molecule has 1 aliphatic heterocycles. The van der Waals surface area contributed by atoms with Gasteiger partial charge in [-0.05, 0) is 30.5 Å². The van der Waals surface area contributed by atoms with Crippen molar-refractivity contribution in [1.82, 2.24) is 9.62 Å². The van der Waals surface area contributed by atoms with E-state index in [1.165, 1.54) is 4.31 Å². The second-order valence-corrected chi connectivity index (χ2v) is 8.03. The summed E-state index contributed by atoms with van der Waals surface area (Å²) in [6.07, 6.45) is 2.17. The molecule has 1 amide bonds. The monoisotopic (exact) mass is 358 g/mol. The number of rotatable bonds is 5. The van der Waals surface area contributed by atoms with E-state index in [-0.39, 0.29) is 10.8 Å². The Morgan fingerprint density at radius 1 is 1.00 bits per heavy atom. The summed E-state index contributed by atoms with van der Waals surface area (Å²) in [5, 5.41) is 2.88. The van der Waals surface area contributed by atoms with Crippen molar-refractivity contribution in [1.29, 1.82) is 0 Å². The van der Waals surface area contributed by atoms with Crippen molar-refractivity contribution in [3.8, 4) is 0 Å². The van der Waals surface area contributed by atoms with Gasteiger partial charge in [-0.15, -0.1) is 0 Å². The van der Waals surface area contributed by atoms with Gasteiger partial charge >= 0.3 is 0 Å². The highest BCUT2D eigenvalue weighted by Gasteiger charge is 2.37. The van der Waals surface area contributed by atoms with Crippen molar-refractivity contribution in [2.45, 2.75) is 36.7 Å². The maximum atomic E-state index is 12.9. The number of sulfonamides is 1. The van der Waals surface area contributed by atoms with Gasteiger partial charge in [0.05, 0.1) is 4.90 Å². The maximum absolute atomic E-state index is 12.9. The average Bonchev–Trinajstić information content (AvgIpc) is 2.67. The highest BCUT2D eigenvalue weighted by atomic mass is 32.2. The molecule has 0 spiro atoms. The second kappa shape index (κ2) is 7.80. The van der Waals surface area contributed by atoms with E-state index in [1.807, 2.05) is 30.3 Å². The van der Waals surface area contributed by atoms with Gasteiger partial charge in [0.25, 0.3) is 0 Å². The van der Waals surface area contributed by atoms with E-state index in [0.29, 0.717) is 19.5 Å². The molecule has 0 bridgehead atoms. The van der Waals surface area contributed by atoms with Crippen LogP contribution in [0, 0.1) is 0 Å². The zero-order valence-electron chi connectivity index (χ0n) is 14.0. The Balaban J connectivity index is 1.75. The third-order valence-electron chi connectivity index (χ3n) is 4.42. The first kappa shape index (κ1) is 17.6. The number of nitrogens with zero attached hydrogens (tertiary/aromatic N) is 1. The highest BCUT2D eigenvalue weighted by molar-refractivity contribution is 7.89. The zero-order chi connectivity index (χ0) is 17.7. The summed E-state index contributed by atoms with van der Waals surface area (Å²) in [6, 6.07) is 17.3. The Morgan fingerprint density at radius 2 is 1.64 bits per heavy atom. The number of hydrogen-bond acceptors (Lipinski definition) is 3. The van der Waals surface area contributed by atoms with Gasteiger partial charge in [0.1, 0.15) is 6.04 Å². The first-order valence-corrected chi connectivity index (χ1v) is 9.91. The van der Waals surface area contributed by atoms with Crippen molar-refractivity contribution < 1.29 is 13.2 Å².